The van der Waals surface area contributed by atoms with Crippen LogP contribution in [-0.4, -0.2) is 14.5 Å². The van der Waals surface area contributed by atoms with Crippen molar-refractivity contribution in [2.45, 2.75) is 0 Å². The SMILES string of the molecule is c1ccc(-c2ccc3c(c2)c2ccc4oc5ccccc5c4c2n3-c2cc(-c3ccccc3)nc(-c3ccccc3)n2)cc1. The van der Waals surface area contributed by atoms with Crippen LogP contribution < -0.4 is 0 Å². The summed E-state index contributed by atoms with van der Waals surface area (Å²) in [4.78, 5) is 10.3. The van der Waals surface area contributed by atoms with Crippen LogP contribution in [-0.2, 0) is 0 Å². The van der Waals surface area contributed by atoms with Gasteiger partial charge in [0.25, 0.3) is 0 Å². The number of hydrogen-bond donors (Lipinski definition) is 0. The van der Waals surface area contributed by atoms with Gasteiger partial charge in [-0.2, -0.15) is 0 Å². The second-order valence-electron chi connectivity index (χ2n) is 11.0. The molecule has 0 fully saturated rings. The van der Waals surface area contributed by atoms with Crippen molar-refractivity contribution in [3.63, 3.8) is 0 Å². The minimum atomic E-state index is 0.682. The van der Waals surface area contributed by atoms with Crippen LogP contribution in [0.25, 0.3) is 83.3 Å². The van der Waals surface area contributed by atoms with E-state index in [4.69, 9.17) is 14.4 Å². The number of nitrogens with zero attached hydrogens (tertiary/aromatic N) is 3. The van der Waals surface area contributed by atoms with Crippen molar-refractivity contribution in [1.82, 2.24) is 14.5 Å². The van der Waals surface area contributed by atoms with E-state index in [0.29, 0.717) is 5.82 Å². The molecule has 9 rings (SSSR count). The molecule has 206 valence electrons. The van der Waals surface area contributed by atoms with E-state index in [1.807, 2.05) is 48.5 Å². The van der Waals surface area contributed by atoms with Crippen LogP contribution in [0.3, 0.4) is 0 Å². The Balaban J connectivity index is 1.43. The molecule has 0 unspecified atom stereocenters. The van der Waals surface area contributed by atoms with E-state index in [-0.39, 0.29) is 0 Å². The molecule has 0 saturated heterocycles. The van der Waals surface area contributed by atoms with Gasteiger partial charge in [0, 0.05) is 33.4 Å². The molecule has 0 amide bonds. The lowest BCUT2D eigenvalue weighted by molar-refractivity contribution is 0.669. The predicted octanol–water partition coefficient (Wildman–Crippen LogP) is 10.5. The average molecular weight is 564 g/mol. The van der Waals surface area contributed by atoms with E-state index < -0.39 is 0 Å². The number of para-hydroxylation sites is 1. The molecule has 3 aromatic heterocycles. The maximum Gasteiger partial charge on any atom is 0.162 e. The van der Waals surface area contributed by atoms with Crippen molar-refractivity contribution >= 4 is 43.7 Å². The monoisotopic (exact) mass is 563 g/mol. The van der Waals surface area contributed by atoms with E-state index in [2.05, 4.69) is 108 Å². The third-order valence-corrected chi connectivity index (χ3v) is 8.42. The summed E-state index contributed by atoms with van der Waals surface area (Å²) < 4.78 is 8.68. The normalized spacial score (nSPS) is 11.6. The summed E-state index contributed by atoms with van der Waals surface area (Å²) in [6, 6.07) is 52.4. The van der Waals surface area contributed by atoms with E-state index in [1.165, 1.54) is 11.1 Å². The standard InChI is InChI=1S/C40H25N3O/c1-4-12-26(13-5-1)29-20-22-34-32(24-29)30-21-23-36-38(31-18-10-11-19-35(31)44-36)39(30)43(34)37-25-33(27-14-6-2-7-15-27)41-40(42-37)28-16-8-3-9-17-28/h1-25H. The van der Waals surface area contributed by atoms with Crippen molar-refractivity contribution in [3.8, 4) is 39.6 Å². The first kappa shape index (κ1) is 24.6. The number of rotatable bonds is 4. The number of aromatic nitrogens is 3. The molecule has 4 nitrogen and oxygen atoms in total. The molecule has 0 atom stereocenters. The summed E-state index contributed by atoms with van der Waals surface area (Å²) >= 11 is 0. The molecule has 9 aromatic rings. The van der Waals surface area contributed by atoms with Crippen LogP contribution in [0.5, 0.6) is 0 Å². The zero-order chi connectivity index (χ0) is 29.0. The van der Waals surface area contributed by atoms with Crippen LogP contribution in [0.1, 0.15) is 0 Å². The van der Waals surface area contributed by atoms with Gasteiger partial charge in [-0.05, 0) is 41.5 Å². The molecule has 0 bridgehead atoms. The van der Waals surface area contributed by atoms with Crippen LogP contribution in [0.4, 0.5) is 0 Å². The maximum atomic E-state index is 6.38. The van der Waals surface area contributed by atoms with E-state index in [1.54, 1.807) is 0 Å². The topological polar surface area (TPSA) is 43.9 Å². The Morgan fingerprint density at radius 3 is 1.91 bits per heavy atom. The van der Waals surface area contributed by atoms with Gasteiger partial charge in [-0.3, -0.25) is 4.57 Å². The first-order valence-electron chi connectivity index (χ1n) is 14.8. The van der Waals surface area contributed by atoms with Crippen molar-refractivity contribution < 1.29 is 4.42 Å². The average Bonchev–Trinajstić information content (AvgIpc) is 3.64. The van der Waals surface area contributed by atoms with E-state index >= 15 is 0 Å². The molecular weight excluding hydrogens is 538 g/mol. The second kappa shape index (κ2) is 9.79. The lowest BCUT2D eigenvalue weighted by atomic mass is 10.0. The number of fused-ring (bicyclic) bond motifs is 7. The fraction of sp³-hybridized carbons (Fsp3) is 0. The molecule has 4 heteroatoms. The van der Waals surface area contributed by atoms with Crippen LogP contribution in [0, 0.1) is 0 Å². The highest BCUT2D eigenvalue weighted by atomic mass is 16.3. The van der Waals surface area contributed by atoms with Gasteiger partial charge >= 0.3 is 0 Å². The van der Waals surface area contributed by atoms with Gasteiger partial charge in [0.2, 0.25) is 0 Å². The fourth-order valence-electron chi connectivity index (χ4n) is 6.39. The first-order chi connectivity index (χ1) is 21.8. The summed E-state index contributed by atoms with van der Waals surface area (Å²) in [5, 5.41) is 4.48. The molecule has 0 aliphatic carbocycles. The minimum absolute atomic E-state index is 0.682. The van der Waals surface area contributed by atoms with Crippen molar-refractivity contribution in [2.75, 3.05) is 0 Å². The van der Waals surface area contributed by atoms with Gasteiger partial charge in [-0.15, -0.1) is 0 Å². The maximum absolute atomic E-state index is 6.38. The Hall–Kier alpha value is -6.00. The molecule has 0 aliphatic rings. The van der Waals surface area contributed by atoms with E-state index in [0.717, 1.165) is 66.4 Å². The number of hydrogen-bond acceptors (Lipinski definition) is 3. The van der Waals surface area contributed by atoms with Gasteiger partial charge in [-0.1, -0.05) is 115 Å². The quantitative estimate of drug-likeness (QED) is 0.214. The zero-order valence-corrected chi connectivity index (χ0v) is 23.7. The lowest BCUT2D eigenvalue weighted by Crippen LogP contribution is -2.02. The van der Waals surface area contributed by atoms with Gasteiger partial charge in [-0.25, -0.2) is 9.97 Å². The Labute approximate surface area is 253 Å². The molecule has 0 aliphatic heterocycles. The fourth-order valence-corrected chi connectivity index (χ4v) is 6.39. The molecule has 3 heterocycles. The highest BCUT2D eigenvalue weighted by Gasteiger charge is 2.21. The van der Waals surface area contributed by atoms with Gasteiger partial charge < -0.3 is 4.42 Å². The van der Waals surface area contributed by atoms with Crippen molar-refractivity contribution in [1.29, 1.82) is 0 Å². The summed E-state index contributed by atoms with van der Waals surface area (Å²) in [5.41, 5.74) is 9.11. The Morgan fingerprint density at radius 2 is 1.14 bits per heavy atom. The lowest BCUT2D eigenvalue weighted by Gasteiger charge is -2.12. The molecule has 0 spiro atoms. The van der Waals surface area contributed by atoms with Crippen molar-refractivity contribution in [2.24, 2.45) is 0 Å². The van der Waals surface area contributed by atoms with E-state index in [9.17, 15) is 0 Å². The number of furan rings is 1. The van der Waals surface area contributed by atoms with Gasteiger partial charge in [0.15, 0.2) is 5.82 Å². The van der Waals surface area contributed by atoms with Crippen LogP contribution >= 0.6 is 0 Å². The van der Waals surface area contributed by atoms with Crippen LogP contribution in [0.2, 0.25) is 0 Å². The number of benzene rings is 6. The molecule has 0 radical (unpaired) electrons. The summed E-state index contributed by atoms with van der Waals surface area (Å²) in [6.07, 6.45) is 0. The third kappa shape index (κ3) is 3.85. The minimum Gasteiger partial charge on any atom is -0.456 e. The third-order valence-electron chi connectivity index (χ3n) is 8.42. The Kier molecular flexibility index (Phi) is 5.47. The predicted molar refractivity (Wildman–Crippen MR) is 180 cm³/mol. The first-order valence-corrected chi connectivity index (χ1v) is 14.8. The Bertz CT molecular complexity index is 2420. The summed E-state index contributed by atoms with van der Waals surface area (Å²) in [7, 11) is 0. The van der Waals surface area contributed by atoms with Gasteiger partial charge in [0.1, 0.15) is 17.0 Å². The summed E-state index contributed by atoms with van der Waals surface area (Å²) in [5.74, 6) is 1.49. The molecule has 44 heavy (non-hydrogen) atoms. The van der Waals surface area contributed by atoms with Gasteiger partial charge in [0.05, 0.1) is 22.1 Å². The Morgan fingerprint density at radius 1 is 0.455 bits per heavy atom. The smallest absolute Gasteiger partial charge is 0.162 e. The van der Waals surface area contributed by atoms with Crippen molar-refractivity contribution in [3.05, 3.63) is 152 Å². The molecule has 6 aromatic carbocycles. The highest BCUT2D eigenvalue weighted by Crippen LogP contribution is 2.42. The highest BCUT2D eigenvalue weighted by molar-refractivity contribution is 6.24. The molecule has 0 N–H and O–H groups in total. The second-order valence-corrected chi connectivity index (χ2v) is 11.0. The molecule has 0 saturated carbocycles. The molecular formula is C40H25N3O. The van der Waals surface area contributed by atoms with Crippen LogP contribution in [0.15, 0.2) is 156 Å². The zero-order valence-electron chi connectivity index (χ0n) is 23.7. The summed E-state index contributed by atoms with van der Waals surface area (Å²) in [6.45, 7) is 0. The largest absolute Gasteiger partial charge is 0.456 e.